The second-order valence-electron chi connectivity index (χ2n) is 10.5. The molecule has 41 heavy (non-hydrogen) atoms. The molecule has 8 heteroatoms. The maximum atomic E-state index is 13.4. The van der Waals surface area contributed by atoms with Crippen LogP contribution in [0.3, 0.4) is 0 Å². The molecule has 0 spiro atoms. The van der Waals surface area contributed by atoms with E-state index in [-0.39, 0.29) is 17.7 Å². The molecule has 4 aromatic rings. The average molecular weight is 547 g/mol. The fraction of sp³-hybridized carbons (Fsp3) is 0.273. The first kappa shape index (κ1) is 27.8. The first-order valence-corrected chi connectivity index (χ1v) is 14.0. The van der Waals surface area contributed by atoms with Crippen molar-refractivity contribution in [2.45, 2.75) is 38.3 Å². The lowest BCUT2D eigenvalue weighted by molar-refractivity contribution is -0.130. The summed E-state index contributed by atoms with van der Waals surface area (Å²) in [7, 11) is 0. The van der Waals surface area contributed by atoms with Crippen molar-refractivity contribution in [3.05, 3.63) is 108 Å². The van der Waals surface area contributed by atoms with Crippen LogP contribution >= 0.6 is 0 Å². The normalized spacial score (nSPS) is 14.3. The maximum absolute atomic E-state index is 13.4. The van der Waals surface area contributed by atoms with E-state index in [1.165, 1.54) is 0 Å². The van der Waals surface area contributed by atoms with Crippen molar-refractivity contribution in [2.75, 3.05) is 25.0 Å². The molecule has 1 fully saturated rings. The number of carbonyl (C=O) groups excluding carboxylic acids is 2. The van der Waals surface area contributed by atoms with Gasteiger partial charge >= 0.3 is 0 Å². The smallest absolute Gasteiger partial charge is 0.247 e. The molecule has 8 nitrogen and oxygen atoms in total. The van der Waals surface area contributed by atoms with Gasteiger partial charge in [-0.2, -0.15) is 5.26 Å². The van der Waals surface area contributed by atoms with Gasteiger partial charge in [0.25, 0.3) is 0 Å². The fourth-order valence-corrected chi connectivity index (χ4v) is 5.08. The number of anilines is 1. The maximum Gasteiger partial charge on any atom is 0.247 e. The van der Waals surface area contributed by atoms with Gasteiger partial charge in [-0.05, 0) is 60.2 Å². The van der Waals surface area contributed by atoms with Crippen LogP contribution in [0.5, 0.6) is 0 Å². The molecule has 2 amide bonds. The first-order chi connectivity index (χ1) is 20.0. The van der Waals surface area contributed by atoms with Gasteiger partial charge in [-0.1, -0.05) is 49.4 Å². The summed E-state index contributed by atoms with van der Waals surface area (Å²) in [6.45, 7) is 4.69. The Morgan fingerprint density at radius 1 is 0.951 bits per heavy atom. The van der Waals surface area contributed by atoms with Crippen LogP contribution in [-0.4, -0.2) is 45.9 Å². The third-order valence-electron chi connectivity index (χ3n) is 7.51. The minimum atomic E-state index is -0.569. The summed E-state index contributed by atoms with van der Waals surface area (Å²) in [6, 6.07) is 24.4. The van der Waals surface area contributed by atoms with Gasteiger partial charge in [0, 0.05) is 49.4 Å². The lowest BCUT2D eigenvalue weighted by atomic mass is 9.98. The topological polar surface area (TPSA) is 103 Å². The van der Waals surface area contributed by atoms with E-state index in [2.05, 4.69) is 28.6 Å². The molecule has 1 aliphatic heterocycles. The van der Waals surface area contributed by atoms with Gasteiger partial charge in [0.1, 0.15) is 18.4 Å². The number of rotatable bonds is 10. The molecule has 0 unspecified atom stereocenters. The van der Waals surface area contributed by atoms with Gasteiger partial charge in [0.05, 0.1) is 11.6 Å². The fourth-order valence-electron chi connectivity index (χ4n) is 5.08. The second kappa shape index (κ2) is 13.1. The number of nitriles is 1. The number of nitrogens with one attached hydrogen (secondary N) is 2. The van der Waals surface area contributed by atoms with Crippen LogP contribution in [0.15, 0.2) is 91.4 Å². The summed E-state index contributed by atoms with van der Waals surface area (Å²) < 4.78 is 1.90. The Morgan fingerprint density at radius 2 is 1.71 bits per heavy atom. The molecule has 0 bridgehead atoms. The number of carbonyl (C=O) groups is 2. The van der Waals surface area contributed by atoms with Crippen LogP contribution in [0, 0.1) is 11.3 Å². The number of hydrogen-bond acceptors (Lipinski definition) is 5. The largest absolute Gasteiger partial charge is 0.344 e. The van der Waals surface area contributed by atoms with Crippen molar-refractivity contribution >= 4 is 17.6 Å². The van der Waals surface area contributed by atoms with Crippen molar-refractivity contribution in [1.29, 1.82) is 5.26 Å². The summed E-state index contributed by atoms with van der Waals surface area (Å²) >= 11 is 0. The first-order valence-electron chi connectivity index (χ1n) is 14.0. The van der Waals surface area contributed by atoms with E-state index in [1.54, 1.807) is 12.3 Å². The van der Waals surface area contributed by atoms with Crippen LogP contribution in [0.4, 0.5) is 5.82 Å². The molecule has 0 aliphatic carbocycles. The SMILES string of the molecule is C[C@H](CN[C@@H](C(=O)Nc1ccc(-c2ccn(CC(=O)N3CCCC3)c2)cn1)c1ccccc1)c1ccc(C#N)cc1. The molecule has 208 valence electrons. The predicted octanol–water partition coefficient (Wildman–Crippen LogP) is 5.12. The van der Waals surface area contributed by atoms with Gasteiger partial charge in [0.2, 0.25) is 11.8 Å². The molecular formula is C33H34N6O2. The predicted molar refractivity (Wildman–Crippen MR) is 159 cm³/mol. The summed E-state index contributed by atoms with van der Waals surface area (Å²) in [5.41, 5.74) is 4.45. The molecule has 2 aromatic heterocycles. The van der Waals surface area contributed by atoms with Crippen molar-refractivity contribution < 1.29 is 9.59 Å². The van der Waals surface area contributed by atoms with Crippen LogP contribution < -0.4 is 10.6 Å². The van der Waals surface area contributed by atoms with Crippen molar-refractivity contribution in [2.24, 2.45) is 0 Å². The lowest BCUT2D eigenvalue weighted by Crippen LogP contribution is -2.35. The van der Waals surface area contributed by atoms with Gasteiger partial charge in [0.15, 0.2) is 0 Å². The highest BCUT2D eigenvalue weighted by molar-refractivity contribution is 5.95. The van der Waals surface area contributed by atoms with Crippen LogP contribution in [0.1, 0.15) is 48.4 Å². The van der Waals surface area contributed by atoms with Gasteiger partial charge in [-0.3, -0.25) is 9.59 Å². The molecule has 0 saturated carbocycles. The van der Waals surface area contributed by atoms with Crippen LogP contribution in [0.25, 0.3) is 11.1 Å². The second-order valence-corrected chi connectivity index (χ2v) is 10.5. The Kier molecular flexibility index (Phi) is 8.87. The van der Waals surface area contributed by atoms with E-state index in [9.17, 15) is 9.59 Å². The zero-order valence-electron chi connectivity index (χ0n) is 23.2. The van der Waals surface area contributed by atoms with E-state index in [4.69, 9.17) is 5.26 Å². The van der Waals surface area contributed by atoms with Gasteiger partial charge < -0.3 is 20.1 Å². The Labute approximate surface area is 240 Å². The third-order valence-corrected chi connectivity index (χ3v) is 7.51. The summed E-state index contributed by atoms with van der Waals surface area (Å²) in [5, 5.41) is 15.4. The molecule has 2 atom stereocenters. The highest BCUT2D eigenvalue weighted by atomic mass is 16.2. The molecule has 1 aliphatic rings. The van der Waals surface area contributed by atoms with Crippen LogP contribution in [-0.2, 0) is 16.1 Å². The number of hydrogen-bond donors (Lipinski definition) is 2. The number of nitrogens with zero attached hydrogens (tertiary/aromatic N) is 4. The molecular weight excluding hydrogens is 512 g/mol. The van der Waals surface area contributed by atoms with E-state index >= 15 is 0 Å². The molecule has 2 N–H and O–H groups in total. The summed E-state index contributed by atoms with van der Waals surface area (Å²) in [5.74, 6) is 0.547. The van der Waals surface area contributed by atoms with E-state index in [1.807, 2.05) is 88.6 Å². The highest BCUT2D eigenvalue weighted by Crippen LogP contribution is 2.23. The number of pyridine rings is 1. The number of aromatic nitrogens is 2. The number of likely N-dealkylation sites (tertiary alicyclic amines) is 1. The minimum Gasteiger partial charge on any atom is -0.344 e. The average Bonchev–Trinajstić information content (AvgIpc) is 3.71. The van der Waals surface area contributed by atoms with Crippen LogP contribution in [0.2, 0.25) is 0 Å². The Morgan fingerprint density at radius 3 is 2.39 bits per heavy atom. The molecule has 3 heterocycles. The summed E-state index contributed by atoms with van der Waals surface area (Å²) in [6.07, 6.45) is 7.76. The van der Waals surface area contributed by atoms with Crippen molar-refractivity contribution in [1.82, 2.24) is 19.8 Å². The summed E-state index contributed by atoms with van der Waals surface area (Å²) in [4.78, 5) is 32.3. The Bertz CT molecular complexity index is 1500. The molecule has 1 saturated heterocycles. The Balaban J connectivity index is 1.22. The van der Waals surface area contributed by atoms with E-state index < -0.39 is 6.04 Å². The monoisotopic (exact) mass is 546 g/mol. The number of benzene rings is 2. The van der Waals surface area contributed by atoms with Crippen molar-refractivity contribution in [3.8, 4) is 17.2 Å². The minimum absolute atomic E-state index is 0.136. The zero-order chi connectivity index (χ0) is 28.6. The van der Waals surface area contributed by atoms with E-state index in [0.29, 0.717) is 24.5 Å². The zero-order valence-corrected chi connectivity index (χ0v) is 23.2. The van der Waals surface area contributed by atoms with Gasteiger partial charge in [-0.15, -0.1) is 0 Å². The lowest BCUT2D eigenvalue weighted by Gasteiger charge is -2.21. The van der Waals surface area contributed by atoms with Crippen molar-refractivity contribution in [3.63, 3.8) is 0 Å². The molecule has 2 aromatic carbocycles. The highest BCUT2D eigenvalue weighted by Gasteiger charge is 2.22. The molecule has 0 radical (unpaired) electrons. The quantitative estimate of drug-likeness (QED) is 0.288. The number of amides is 2. The Hall–Kier alpha value is -4.74. The van der Waals surface area contributed by atoms with E-state index in [0.717, 1.165) is 48.2 Å². The molecule has 5 rings (SSSR count). The third kappa shape index (κ3) is 7.07. The standard InChI is InChI=1S/C33H34N6O2/c1-24(26-11-9-25(19-34)10-12-26)20-36-32(27-7-3-2-4-8-27)33(41)37-30-14-13-28(21-35-30)29-15-18-38(22-29)23-31(40)39-16-5-6-17-39/h2-4,7-15,18,21-22,24,32,36H,5-6,16-17,20,23H2,1H3,(H,35,37,41)/t24-,32-/m1/s1. The van der Waals surface area contributed by atoms with Gasteiger partial charge in [-0.25, -0.2) is 4.98 Å².